The molecule has 0 heterocycles. The van der Waals surface area contributed by atoms with Crippen LogP contribution in [-0.4, -0.2) is 24.5 Å². The smallest absolute Gasteiger partial charge is 0.0623 e. The van der Waals surface area contributed by atoms with Crippen LogP contribution in [0.3, 0.4) is 0 Å². The van der Waals surface area contributed by atoms with Crippen molar-refractivity contribution in [3.05, 3.63) is 34.3 Å². The van der Waals surface area contributed by atoms with Gasteiger partial charge >= 0.3 is 0 Å². The molecule has 4 heteroatoms. The molecule has 19 heavy (non-hydrogen) atoms. The molecule has 0 spiro atoms. The van der Waals surface area contributed by atoms with E-state index in [-0.39, 0.29) is 11.0 Å². The van der Waals surface area contributed by atoms with E-state index in [0.717, 1.165) is 17.3 Å². The Bertz CT molecular complexity index is 386. The molecule has 1 aromatic carbocycles. The lowest BCUT2D eigenvalue weighted by molar-refractivity contribution is 0.0100. The van der Waals surface area contributed by atoms with Crippen LogP contribution in [0.1, 0.15) is 32.3 Å². The molecular weight excluding hydrogens is 347 g/mol. The molecule has 0 radical (unpaired) electrons. The largest absolute Gasteiger partial charge is 0.379 e. The van der Waals surface area contributed by atoms with Gasteiger partial charge in [0.1, 0.15) is 0 Å². The van der Waals surface area contributed by atoms with E-state index in [1.54, 1.807) is 7.11 Å². The SMILES string of the molecule is COC(C)(C)CCC(CCl)(CCl)c1ccc(Br)cc1. The number of methoxy groups -OCH3 is 1. The second-order valence-corrected chi connectivity index (χ2v) is 6.97. The Labute approximate surface area is 134 Å². The lowest BCUT2D eigenvalue weighted by Gasteiger charge is -2.34. The molecule has 1 rings (SSSR count). The minimum Gasteiger partial charge on any atom is -0.379 e. The average molecular weight is 368 g/mol. The predicted molar refractivity (Wildman–Crippen MR) is 87.6 cm³/mol. The molecule has 0 unspecified atom stereocenters. The van der Waals surface area contributed by atoms with Crippen LogP contribution < -0.4 is 0 Å². The molecule has 108 valence electrons. The van der Waals surface area contributed by atoms with E-state index in [1.807, 2.05) is 12.1 Å². The van der Waals surface area contributed by atoms with Crippen molar-refractivity contribution < 1.29 is 4.74 Å². The van der Waals surface area contributed by atoms with Crippen molar-refractivity contribution in [3.63, 3.8) is 0 Å². The Kier molecular flexibility index (Phi) is 6.65. The minimum atomic E-state index is -0.195. The summed E-state index contributed by atoms with van der Waals surface area (Å²) in [7, 11) is 1.74. The van der Waals surface area contributed by atoms with Crippen LogP contribution >= 0.6 is 39.1 Å². The third-order valence-corrected chi connectivity index (χ3v) is 5.28. The Morgan fingerprint density at radius 3 is 2.00 bits per heavy atom. The van der Waals surface area contributed by atoms with E-state index in [2.05, 4.69) is 41.9 Å². The van der Waals surface area contributed by atoms with Gasteiger partial charge in [-0.2, -0.15) is 0 Å². The van der Waals surface area contributed by atoms with E-state index in [0.29, 0.717) is 11.8 Å². The molecule has 0 N–H and O–H groups in total. The van der Waals surface area contributed by atoms with Crippen LogP contribution in [0.2, 0.25) is 0 Å². The predicted octanol–water partition coefficient (Wildman–Crippen LogP) is 5.37. The van der Waals surface area contributed by atoms with E-state index < -0.39 is 0 Å². The molecule has 0 amide bonds. The molecule has 0 saturated heterocycles. The molecule has 1 nitrogen and oxygen atoms in total. The van der Waals surface area contributed by atoms with Gasteiger partial charge in [-0.15, -0.1) is 23.2 Å². The van der Waals surface area contributed by atoms with Gasteiger partial charge in [0.15, 0.2) is 0 Å². The monoisotopic (exact) mass is 366 g/mol. The second-order valence-electron chi connectivity index (χ2n) is 5.52. The summed E-state index contributed by atoms with van der Waals surface area (Å²) in [5.74, 6) is 1.02. The summed E-state index contributed by atoms with van der Waals surface area (Å²) < 4.78 is 6.54. The molecule has 0 bridgehead atoms. The van der Waals surface area contributed by atoms with Gasteiger partial charge in [0.25, 0.3) is 0 Å². The summed E-state index contributed by atoms with van der Waals surface area (Å²) in [6.07, 6.45) is 1.82. The Morgan fingerprint density at radius 1 is 1.05 bits per heavy atom. The highest BCUT2D eigenvalue weighted by Gasteiger charge is 2.33. The van der Waals surface area contributed by atoms with Gasteiger partial charge in [0.05, 0.1) is 5.60 Å². The lowest BCUT2D eigenvalue weighted by Crippen LogP contribution is -2.34. The molecule has 0 saturated carbocycles. The number of rotatable bonds is 7. The number of hydrogen-bond acceptors (Lipinski definition) is 1. The standard InChI is InChI=1S/C15H21BrCl2O/c1-14(2,19-3)8-9-15(10-17,11-18)12-4-6-13(16)7-5-12/h4-7H,8-11H2,1-3H3. The fourth-order valence-corrected chi connectivity index (χ4v) is 3.04. The van der Waals surface area contributed by atoms with Crippen molar-refractivity contribution in [3.8, 4) is 0 Å². The molecule has 0 atom stereocenters. The molecule has 0 aliphatic heterocycles. The molecule has 0 aromatic heterocycles. The maximum atomic E-state index is 6.23. The first-order chi connectivity index (χ1) is 8.89. The van der Waals surface area contributed by atoms with Crippen molar-refractivity contribution in [1.82, 2.24) is 0 Å². The van der Waals surface area contributed by atoms with Crippen LogP contribution in [0.4, 0.5) is 0 Å². The molecule has 0 aliphatic rings. The van der Waals surface area contributed by atoms with Crippen molar-refractivity contribution in [2.45, 2.75) is 37.7 Å². The fourth-order valence-electron chi connectivity index (χ4n) is 1.91. The van der Waals surface area contributed by atoms with E-state index in [4.69, 9.17) is 27.9 Å². The summed E-state index contributed by atoms with van der Waals surface area (Å²) in [6.45, 7) is 4.17. The Morgan fingerprint density at radius 2 is 1.58 bits per heavy atom. The summed E-state index contributed by atoms with van der Waals surface area (Å²) in [6, 6.07) is 8.25. The van der Waals surface area contributed by atoms with Gasteiger partial charge in [0, 0.05) is 28.8 Å². The number of alkyl halides is 2. The highest BCUT2D eigenvalue weighted by Crippen LogP contribution is 2.35. The third-order valence-electron chi connectivity index (χ3n) is 3.73. The Hall–Kier alpha value is 0.240. The van der Waals surface area contributed by atoms with Gasteiger partial charge < -0.3 is 4.74 Å². The maximum Gasteiger partial charge on any atom is 0.0623 e. The number of halogens is 3. The lowest BCUT2D eigenvalue weighted by atomic mass is 9.78. The average Bonchev–Trinajstić information content (AvgIpc) is 2.42. The zero-order valence-electron chi connectivity index (χ0n) is 11.7. The summed E-state index contributed by atoms with van der Waals surface area (Å²) >= 11 is 15.9. The summed E-state index contributed by atoms with van der Waals surface area (Å²) in [5, 5.41) is 0. The second kappa shape index (κ2) is 7.31. The Balaban J connectivity index is 2.94. The van der Waals surface area contributed by atoms with Crippen LogP contribution in [0, 0.1) is 0 Å². The van der Waals surface area contributed by atoms with Crippen LogP contribution in [0.5, 0.6) is 0 Å². The third kappa shape index (κ3) is 4.63. The van der Waals surface area contributed by atoms with E-state index >= 15 is 0 Å². The maximum absolute atomic E-state index is 6.23. The normalized spacial score (nSPS) is 12.7. The zero-order chi connectivity index (χ0) is 14.5. The zero-order valence-corrected chi connectivity index (χ0v) is 14.8. The van der Waals surface area contributed by atoms with Crippen LogP contribution in [-0.2, 0) is 10.2 Å². The minimum absolute atomic E-state index is 0.154. The van der Waals surface area contributed by atoms with Crippen molar-refractivity contribution in [2.24, 2.45) is 0 Å². The van der Waals surface area contributed by atoms with Crippen molar-refractivity contribution >= 4 is 39.1 Å². The number of benzene rings is 1. The van der Waals surface area contributed by atoms with Crippen LogP contribution in [0.25, 0.3) is 0 Å². The first kappa shape index (κ1) is 17.3. The quantitative estimate of drug-likeness (QED) is 0.588. The molecule has 0 fully saturated rings. The highest BCUT2D eigenvalue weighted by atomic mass is 79.9. The van der Waals surface area contributed by atoms with E-state index in [9.17, 15) is 0 Å². The first-order valence-corrected chi connectivity index (χ1v) is 8.18. The van der Waals surface area contributed by atoms with Crippen molar-refractivity contribution in [1.29, 1.82) is 0 Å². The molecule has 0 aliphatic carbocycles. The van der Waals surface area contributed by atoms with Gasteiger partial charge in [-0.25, -0.2) is 0 Å². The van der Waals surface area contributed by atoms with Gasteiger partial charge in [-0.1, -0.05) is 28.1 Å². The molecular formula is C15H21BrCl2O. The van der Waals surface area contributed by atoms with Gasteiger partial charge in [-0.05, 0) is 44.4 Å². The highest BCUT2D eigenvalue weighted by molar-refractivity contribution is 9.10. The van der Waals surface area contributed by atoms with E-state index in [1.165, 1.54) is 5.56 Å². The summed E-state index contributed by atoms with van der Waals surface area (Å²) in [5.41, 5.74) is 0.839. The first-order valence-electron chi connectivity index (χ1n) is 6.32. The van der Waals surface area contributed by atoms with Crippen molar-refractivity contribution in [2.75, 3.05) is 18.9 Å². The summed E-state index contributed by atoms with van der Waals surface area (Å²) in [4.78, 5) is 0. The van der Waals surface area contributed by atoms with Gasteiger partial charge in [-0.3, -0.25) is 0 Å². The van der Waals surface area contributed by atoms with Crippen LogP contribution in [0.15, 0.2) is 28.7 Å². The topological polar surface area (TPSA) is 9.23 Å². The fraction of sp³-hybridized carbons (Fsp3) is 0.600. The number of ether oxygens (including phenoxy) is 1. The molecule has 1 aromatic rings. The number of hydrogen-bond donors (Lipinski definition) is 0. The van der Waals surface area contributed by atoms with Gasteiger partial charge in [0.2, 0.25) is 0 Å².